The Kier molecular flexibility index (Phi) is 6.90. The van der Waals surface area contributed by atoms with Gasteiger partial charge in [-0.3, -0.25) is 4.79 Å². The number of carbonyl (C=O) groups excluding carboxylic acids is 1. The Balaban J connectivity index is 2.13. The first kappa shape index (κ1) is 25.4. The van der Waals surface area contributed by atoms with Crippen LogP contribution in [0.15, 0.2) is 41.3 Å². The lowest BCUT2D eigenvalue weighted by Crippen LogP contribution is -2.21. The van der Waals surface area contributed by atoms with Gasteiger partial charge in [0.25, 0.3) is 11.8 Å². The number of aromatic nitrogens is 2. The summed E-state index contributed by atoms with van der Waals surface area (Å²) in [7, 11) is -3.08. The first-order chi connectivity index (χ1) is 15.7. The van der Waals surface area contributed by atoms with Crippen LogP contribution in [0.3, 0.4) is 0 Å². The fraction of sp³-hybridized carbons (Fsp3) is 0.227. The van der Waals surface area contributed by atoms with Gasteiger partial charge >= 0.3 is 6.18 Å². The Hall–Kier alpha value is -3.18. The van der Waals surface area contributed by atoms with E-state index in [0.29, 0.717) is 5.56 Å². The van der Waals surface area contributed by atoms with Crippen molar-refractivity contribution in [2.24, 2.45) is 0 Å². The number of hydrogen-bond acceptors (Lipinski definition) is 6. The molecule has 0 aliphatic heterocycles. The molecular weight excluding hydrogens is 493 g/mol. The van der Waals surface area contributed by atoms with Crippen molar-refractivity contribution in [2.45, 2.75) is 31.8 Å². The Bertz CT molecular complexity index is 1390. The van der Waals surface area contributed by atoms with Crippen LogP contribution in [0, 0.1) is 25.6 Å². The second-order valence-electron chi connectivity index (χ2n) is 7.60. The van der Waals surface area contributed by atoms with Gasteiger partial charge in [-0.15, -0.1) is 10.2 Å². The number of aryl methyl sites for hydroxylation is 1. The summed E-state index contributed by atoms with van der Waals surface area (Å²) in [5.74, 6) is -1.29. The van der Waals surface area contributed by atoms with Gasteiger partial charge in [-0.25, -0.2) is 8.99 Å². The summed E-state index contributed by atoms with van der Waals surface area (Å²) in [6.45, 7) is 4.58. The van der Waals surface area contributed by atoms with E-state index in [0.717, 1.165) is 12.5 Å². The summed E-state index contributed by atoms with van der Waals surface area (Å²) in [5, 5.41) is 9.42. The van der Waals surface area contributed by atoms with Crippen LogP contribution >= 0.6 is 11.6 Å². The number of anilines is 1. The molecule has 1 atom stereocenters. The average Bonchev–Trinajstić information content (AvgIpc) is 2.72. The maximum atomic E-state index is 13.5. The predicted molar refractivity (Wildman–Crippen MR) is 122 cm³/mol. The second kappa shape index (κ2) is 9.22. The minimum Gasteiger partial charge on any atom is -0.435 e. The molecule has 34 heavy (non-hydrogen) atoms. The van der Waals surface area contributed by atoms with E-state index in [9.17, 15) is 22.2 Å². The van der Waals surface area contributed by atoms with Gasteiger partial charge in [0.05, 0.1) is 14.8 Å². The zero-order valence-corrected chi connectivity index (χ0v) is 20.1. The standard InChI is InChI=1S/C22H20ClF3N4O3S/c1-11-8-9-16(23)18(12(11)2)33-21-17(13(3)19(29-30-21)22(24,25)26)20(31)28-14-6-5-7-15(10-14)34(4,27)32/h5-10,27H,1-4H3,(H,28,31). The number of benzene rings is 2. The van der Waals surface area contributed by atoms with Gasteiger partial charge in [0.15, 0.2) is 11.4 Å². The first-order valence-electron chi connectivity index (χ1n) is 9.73. The summed E-state index contributed by atoms with van der Waals surface area (Å²) in [5.41, 5.74) is -0.782. The highest BCUT2D eigenvalue weighted by molar-refractivity contribution is 7.91. The molecule has 2 N–H and O–H groups in total. The molecular formula is C22H20ClF3N4O3S. The number of halogens is 4. The predicted octanol–water partition coefficient (Wildman–Crippen LogP) is 6.15. The average molecular weight is 513 g/mol. The number of hydrogen-bond donors (Lipinski definition) is 2. The molecule has 0 saturated carbocycles. The van der Waals surface area contributed by atoms with Gasteiger partial charge in [0, 0.05) is 16.8 Å². The van der Waals surface area contributed by atoms with E-state index < -0.39 is 44.5 Å². The summed E-state index contributed by atoms with van der Waals surface area (Å²) < 4.78 is 65.9. The first-order valence-corrected chi connectivity index (χ1v) is 12.1. The summed E-state index contributed by atoms with van der Waals surface area (Å²) >= 11 is 6.22. The number of amides is 1. The van der Waals surface area contributed by atoms with Crippen LogP contribution in [0.1, 0.15) is 32.7 Å². The SMILES string of the molecule is Cc1ccc(Cl)c(Oc2nnc(C(F)(F)F)c(C)c2C(=O)Nc2cccc(S(C)(=N)=O)c2)c1C. The highest BCUT2D eigenvalue weighted by Crippen LogP contribution is 2.38. The molecule has 2 aromatic carbocycles. The van der Waals surface area contributed by atoms with Crippen LogP contribution < -0.4 is 10.1 Å². The van der Waals surface area contributed by atoms with Crippen LogP contribution in [0.5, 0.6) is 11.6 Å². The number of rotatable bonds is 5. The lowest BCUT2D eigenvalue weighted by molar-refractivity contribution is -0.142. The molecule has 0 radical (unpaired) electrons. The van der Waals surface area contributed by atoms with E-state index in [-0.39, 0.29) is 21.4 Å². The minimum absolute atomic E-state index is 0.129. The lowest BCUT2D eigenvalue weighted by Gasteiger charge is -2.18. The van der Waals surface area contributed by atoms with Crippen molar-refractivity contribution >= 4 is 32.9 Å². The summed E-state index contributed by atoms with van der Waals surface area (Å²) in [6, 6.07) is 8.97. The highest BCUT2D eigenvalue weighted by Gasteiger charge is 2.38. The third-order valence-electron chi connectivity index (χ3n) is 5.05. The smallest absolute Gasteiger partial charge is 0.435 e. The zero-order chi connectivity index (χ0) is 25.4. The fourth-order valence-corrected chi connectivity index (χ4v) is 4.03. The minimum atomic E-state index is -4.86. The zero-order valence-electron chi connectivity index (χ0n) is 18.5. The number of nitrogens with zero attached hydrogens (tertiary/aromatic N) is 2. The van der Waals surface area contributed by atoms with E-state index in [1.165, 1.54) is 30.5 Å². The van der Waals surface area contributed by atoms with Gasteiger partial charge in [-0.05, 0) is 61.7 Å². The van der Waals surface area contributed by atoms with Gasteiger partial charge < -0.3 is 10.1 Å². The fourth-order valence-electron chi connectivity index (χ4n) is 3.10. The Morgan fingerprint density at radius 3 is 2.41 bits per heavy atom. The number of ether oxygens (including phenoxy) is 1. The van der Waals surface area contributed by atoms with Crippen LogP contribution in [0.2, 0.25) is 5.02 Å². The molecule has 7 nitrogen and oxygen atoms in total. The molecule has 0 saturated heterocycles. The van der Waals surface area contributed by atoms with Gasteiger partial charge in [0.2, 0.25) is 0 Å². The van der Waals surface area contributed by atoms with E-state index in [1.54, 1.807) is 26.0 Å². The van der Waals surface area contributed by atoms with Crippen molar-refractivity contribution in [2.75, 3.05) is 11.6 Å². The molecule has 0 fully saturated rings. The molecule has 1 heterocycles. The Morgan fingerprint density at radius 2 is 1.79 bits per heavy atom. The molecule has 180 valence electrons. The maximum Gasteiger partial charge on any atom is 0.435 e. The van der Waals surface area contributed by atoms with Gasteiger partial charge in [0.1, 0.15) is 5.56 Å². The molecule has 0 aliphatic carbocycles. The Labute approximate surface area is 199 Å². The van der Waals surface area contributed by atoms with E-state index >= 15 is 0 Å². The van der Waals surface area contributed by atoms with Crippen molar-refractivity contribution < 1.29 is 26.9 Å². The van der Waals surface area contributed by atoms with Crippen molar-refractivity contribution in [3.63, 3.8) is 0 Å². The molecule has 0 aliphatic rings. The quantitative estimate of drug-likeness (QED) is 0.426. The highest BCUT2D eigenvalue weighted by atomic mass is 35.5. The number of carbonyl (C=O) groups is 1. The molecule has 0 spiro atoms. The topological polar surface area (TPSA) is 105 Å². The van der Waals surface area contributed by atoms with E-state index in [2.05, 4.69) is 15.5 Å². The van der Waals surface area contributed by atoms with Crippen molar-refractivity contribution in [1.29, 1.82) is 4.78 Å². The van der Waals surface area contributed by atoms with Gasteiger partial charge in [-0.1, -0.05) is 23.7 Å². The molecule has 0 bridgehead atoms. The lowest BCUT2D eigenvalue weighted by atomic mass is 10.1. The largest absolute Gasteiger partial charge is 0.435 e. The third kappa shape index (κ3) is 5.31. The molecule has 3 aromatic rings. The molecule has 1 amide bonds. The van der Waals surface area contributed by atoms with Crippen molar-refractivity contribution in [1.82, 2.24) is 10.2 Å². The third-order valence-corrected chi connectivity index (χ3v) is 6.50. The normalized spacial score (nSPS) is 13.3. The number of nitrogens with one attached hydrogen (secondary N) is 2. The number of alkyl halides is 3. The van der Waals surface area contributed by atoms with Crippen LogP contribution in [-0.2, 0) is 15.9 Å². The van der Waals surface area contributed by atoms with E-state index in [4.69, 9.17) is 21.1 Å². The molecule has 1 unspecified atom stereocenters. The maximum absolute atomic E-state index is 13.5. The Morgan fingerprint density at radius 1 is 1.12 bits per heavy atom. The van der Waals surface area contributed by atoms with Gasteiger partial charge in [-0.2, -0.15) is 13.2 Å². The molecule has 3 rings (SSSR count). The monoisotopic (exact) mass is 512 g/mol. The van der Waals surface area contributed by atoms with Crippen LogP contribution in [0.4, 0.5) is 18.9 Å². The van der Waals surface area contributed by atoms with Crippen molar-refractivity contribution in [3.05, 3.63) is 69.4 Å². The second-order valence-corrected chi connectivity index (χ2v) is 10.2. The molecule has 1 aromatic heterocycles. The van der Waals surface area contributed by atoms with Crippen molar-refractivity contribution in [3.8, 4) is 11.6 Å². The summed E-state index contributed by atoms with van der Waals surface area (Å²) in [6.07, 6.45) is -3.65. The van der Waals surface area contributed by atoms with Crippen LogP contribution in [0.25, 0.3) is 0 Å². The van der Waals surface area contributed by atoms with E-state index in [1.807, 2.05) is 0 Å². The summed E-state index contributed by atoms with van der Waals surface area (Å²) in [4.78, 5) is 13.3. The van der Waals surface area contributed by atoms with Crippen LogP contribution in [-0.4, -0.2) is 26.6 Å². The molecule has 12 heteroatoms.